The zero-order valence-corrected chi connectivity index (χ0v) is 14.6. The number of thioether (sulfide) groups is 1. The molecular formula is C17H26N4OS. The van der Waals surface area contributed by atoms with Gasteiger partial charge in [-0.2, -0.15) is 11.8 Å². The topological polar surface area (TPSA) is 38.8 Å². The van der Waals surface area contributed by atoms with E-state index in [1.807, 2.05) is 16.7 Å². The van der Waals surface area contributed by atoms with Crippen LogP contribution in [0.15, 0.2) is 24.3 Å². The third kappa shape index (κ3) is 4.32. The number of benzene rings is 1. The third-order valence-corrected chi connectivity index (χ3v) is 5.51. The summed E-state index contributed by atoms with van der Waals surface area (Å²) in [4.78, 5) is 19.0. The number of hydrogen-bond acceptors (Lipinski definition) is 4. The molecule has 1 aromatic carbocycles. The Bertz CT molecular complexity index is 525. The molecule has 5 nitrogen and oxygen atoms in total. The standard InChI is InChI=1S/C17H26N4OS/c1-19-6-8-20(9-7-19)16-5-3-2-4-15(16)14-18-17(22)21-10-12-23-13-11-21/h2-5H,6-14H2,1H3,(H,18,22). The molecule has 0 spiro atoms. The molecule has 3 rings (SSSR count). The van der Waals surface area contributed by atoms with Crippen LogP contribution in [0.5, 0.6) is 0 Å². The maximum absolute atomic E-state index is 12.3. The Labute approximate surface area is 143 Å². The molecule has 1 aromatic rings. The summed E-state index contributed by atoms with van der Waals surface area (Å²) in [6.07, 6.45) is 0. The average Bonchev–Trinajstić information content (AvgIpc) is 2.61. The van der Waals surface area contributed by atoms with Crippen molar-refractivity contribution in [3.8, 4) is 0 Å². The van der Waals surface area contributed by atoms with Gasteiger partial charge in [0.1, 0.15) is 0 Å². The maximum atomic E-state index is 12.3. The van der Waals surface area contributed by atoms with Crippen molar-refractivity contribution < 1.29 is 4.79 Å². The van der Waals surface area contributed by atoms with Gasteiger partial charge in [-0.25, -0.2) is 4.79 Å². The average molecular weight is 334 g/mol. The van der Waals surface area contributed by atoms with Crippen molar-refractivity contribution >= 4 is 23.5 Å². The van der Waals surface area contributed by atoms with Crippen molar-refractivity contribution in [3.05, 3.63) is 29.8 Å². The van der Waals surface area contributed by atoms with E-state index in [9.17, 15) is 4.79 Å². The molecule has 6 heteroatoms. The number of likely N-dealkylation sites (N-methyl/N-ethyl adjacent to an activating group) is 1. The summed E-state index contributed by atoms with van der Waals surface area (Å²) in [7, 11) is 2.17. The summed E-state index contributed by atoms with van der Waals surface area (Å²) < 4.78 is 0. The van der Waals surface area contributed by atoms with E-state index in [1.54, 1.807) is 0 Å². The lowest BCUT2D eigenvalue weighted by Gasteiger charge is -2.35. The summed E-state index contributed by atoms with van der Waals surface area (Å²) in [5.74, 6) is 2.09. The number of nitrogens with zero attached hydrogens (tertiary/aromatic N) is 3. The number of anilines is 1. The van der Waals surface area contributed by atoms with Gasteiger partial charge in [-0.3, -0.25) is 0 Å². The minimum Gasteiger partial charge on any atom is -0.369 e. The highest BCUT2D eigenvalue weighted by Crippen LogP contribution is 2.21. The largest absolute Gasteiger partial charge is 0.369 e. The Morgan fingerprint density at radius 3 is 2.52 bits per heavy atom. The SMILES string of the molecule is CN1CCN(c2ccccc2CNC(=O)N2CCSCC2)CC1. The highest BCUT2D eigenvalue weighted by molar-refractivity contribution is 7.99. The molecule has 0 atom stereocenters. The van der Waals surface area contributed by atoms with Crippen molar-refractivity contribution in [2.45, 2.75) is 6.54 Å². The molecule has 2 aliphatic heterocycles. The quantitative estimate of drug-likeness (QED) is 0.913. The molecule has 2 aliphatic rings. The highest BCUT2D eigenvalue weighted by Gasteiger charge is 2.19. The Morgan fingerprint density at radius 2 is 1.78 bits per heavy atom. The molecule has 0 aliphatic carbocycles. The first kappa shape index (κ1) is 16.5. The number of carbonyl (C=O) groups excluding carboxylic acids is 1. The van der Waals surface area contributed by atoms with E-state index in [-0.39, 0.29) is 6.03 Å². The minimum atomic E-state index is 0.0680. The Hall–Kier alpha value is -1.40. The Kier molecular flexibility index (Phi) is 5.67. The van der Waals surface area contributed by atoms with Crippen LogP contribution in [0, 0.1) is 0 Å². The fraction of sp³-hybridized carbons (Fsp3) is 0.588. The van der Waals surface area contributed by atoms with Gasteiger partial charge in [0.05, 0.1) is 0 Å². The van der Waals surface area contributed by atoms with E-state index < -0.39 is 0 Å². The van der Waals surface area contributed by atoms with Crippen LogP contribution in [0.4, 0.5) is 10.5 Å². The van der Waals surface area contributed by atoms with E-state index >= 15 is 0 Å². The maximum Gasteiger partial charge on any atom is 0.317 e. The summed E-state index contributed by atoms with van der Waals surface area (Å²) >= 11 is 1.92. The summed E-state index contributed by atoms with van der Waals surface area (Å²) in [5.41, 5.74) is 2.46. The van der Waals surface area contributed by atoms with Crippen molar-refractivity contribution in [2.75, 3.05) is 62.7 Å². The first-order valence-electron chi connectivity index (χ1n) is 8.36. The van der Waals surface area contributed by atoms with E-state index in [4.69, 9.17) is 0 Å². The van der Waals surface area contributed by atoms with Crippen molar-refractivity contribution in [3.63, 3.8) is 0 Å². The summed E-state index contributed by atoms with van der Waals surface area (Å²) in [6, 6.07) is 8.50. The molecular weight excluding hydrogens is 308 g/mol. The second-order valence-electron chi connectivity index (χ2n) is 6.18. The van der Waals surface area contributed by atoms with Gasteiger partial charge in [-0.1, -0.05) is 18.2 Å². The molecule has 0 radical (unpaired) electrons. The van der Waals surface area contributed by atoms with Crippen LogP contribution >= 0.6 is 11.8 Å². The fourth-order valence-electron chi connectivity index (χ4n) is 3.07. The molecule has 2 saturated heterocycles. The molecule has 23 heavy (non-hydrogen) atoms. The lowest BCUT2D eigenvalue weighted by atomic mass is 10.1. The normalized spacial score (nSPS) is 19.7. The molecule has 0 aromatic heterocycles. The second kappa shape index (κ2) is 7.93. The molecule has 126 valence electrons. The smallest absolute Gasteiger partial charge is 0.317 e. The minimum absolute atomic E-state index is 0.0680. The number of rotatable bonds is 3. The number of carbonyl (C=O) groups is 1. The highest BCUT2D eigenvalue weighted by atomic mass is 32.2. The molecule has 0 bridgehead atoms. The number of nitrogens with one attached hydrogen (secondary N) is 1. The summed E-state index contributed by atoms with van der Waals surface area (Å²) in [5, 5.41) is 3.10. The number of urea groups is 1. The monoisotopic (exact) mass is 334 g/mol. The number of amides is 2. The first-order chi connectivity index (χ1) is 11.2. The van der Waals surface area contributed by atoms with Gasteiger partial charge in [0, 0.05) is 63.0 Å². The molecule has 2 heterocycles. The molecule has 2 fully saturated rings. The first-order valence-corrected chi connectivity index (χ1v) is 9.51. The van der Waals surface area contributed by atoms with E-state index in [0.29, 0.717) is 6.54 Å². The van der Waals surface area contributed by atoms with E-state index in [1.165, 1.54) is 11.3 Å². The molecule has 1 N–H and O–H groups in total. The van der Waals surface area contributed by atoms with Gasteiger partial charge < -0.3 is 20.0 Å². The Morgan fingerprint density at radius 1 is 1.09 bits per heavy atom. The van der Waals surface area contributed by atoms with Gasteiger partial charge in [0.25, 0.3) is 0 Å². The van der Waals surface area contributed by atoms with Crippen LogP contribution in [0.3, 0.4) is 0 Å². The molecule has 0 unspecified atom stereocenters. The van der Waals surface area contributed by atoms with Crippen LogP contribution in [0.25, 0.3) is 0 Å². The lowest BCUT2D eigenvalue weighted by molar-refractivity contribution is 0.202. The van der Waals surface area contributed by atoms with Gasteiger partial charge in [-0.15, -0.1) is 0 Å². The van der Waals surface area contributed by atoms with Crippen molar-refractivity contribution in [1.82, 2.24) is 15.1 Å². The number of hydrogen-bond donors (Lipinski definition) is 1. The molecule has 0 saturated carbocycles. The number of piperazine rings is 1. The van der Waals surface area contributed by atoms with Crippen molar-refractivity contribution in [1.29, 1.82) is 0 Å². The fourth-order valence-corrected chi connectivity index (χ4v) is 3.97. The number of para-hydroxylation sites is 1. The van der Waals surface area contributed by atoms with Gasteiger partial charge in [0.2, 0.25) is 0 Å². The Balaban J connectivity index is 1.60. The van der Waals surface area contributed by atoms with Crippen LogP contribution in [0.1, 0.15) is 5.56 Å². The third-order valence-electron chi connectivity index (χ3n) is 4.56. The van der Waals surface area contributed by atoms with Gasteiger partial charge in [-0.05, 0) is 18.7 Å². The zero-order chi connectivity index (χ0) is 16.1. The van der Waals surface area contributed by atoms with Gasteiger partial charge in [0.15, 0.2) is 0 Å². The predicted molar refractivity (Wildman–Crippen MR) is 97.3 cm³/mol. The van der Waals surface area contributed by atoms with Crippen molar-refractivity contribution in [2.24, 2.45) is 0 Å². The predicted octanol–water partition coefficient (Wildman–Crippen LogP) is 1.70. The molecule has 2 amide bonds. The summed E-state index contributed by atoms with van der Waals surface area (Å²) in [6.45, 7) is 6.59. The van der Waals surface area contributed by atoms with E-state index in [2.05, 4.69) is 46.4 Å². The lowest BCUT2D eigenvalue weighted by Crippen LogP contribution is -2.45. The van der Waals surface area contributed by atoms with Gasteiger partial charge >= 0.3 is 6.03 Å². The van der Waals surface area contributed by atoms with Crippen LogP contribution < -0.4 is 10.2 Å². The van der Waals surface area contributed by atoms with Crippen LogP contribution in [0.2, 0.25) is 0 Å². The van der Waals surface area contributed by atoms with Crippen LogP contribution in [-0.4, -0.2) is 73.7 Å². The second-order valence-corrected chi connectivity index (χ2v) is 7.40. The zero-order valence-electron chi connectivity index (χ0n) is 13.8. The van der Waals surface area contributed by atoms with Crippen LogP contribution in [-0.2, 0) is 6.54 Å². The van der Waals surface area contributed by atoms with E-state index in [0.717, 1.165) is 50.8 Å².